The Morgan fingerprint density at radius 3 is 3.00 bits per heavy atom. The maximum absolute atomic E-state index is 8.58. The number of fused-ring (bicyclic) bond motifs is 1. The number of rotatable bonds is 2. The average molecular weight is 203 g/mol. The number of nitrogens with zero attached hydrogens (tertiary/aromatic N) is 1. The van der Waals surface area contributed by atoms with E-state index in [9.17, 15) is 0 Å². The summed E-state index contributed by atoms with van der Waals surface area (Å²) < 4.78 is 6.31. The van der Waals surface area contributed by atoms with Crippen molar-refractivity contribution in [1.29, 1.82) is 5.26 Å². The van der Waals surface area contributed by atoms with Gasteiger partial charge in [-0.15, -0.1) is 11.3 Å². The number of methoxy groups -OCH3 is 1. The SMILES string of the molecule is COc1ccc2cc(CC#N)sc2c1. The van der Waals surface area contributed by atoms with E-state index in [1.165, 1.54) is 10.1 Å². The number of thiophene rings is 1. The van der Waals surface area contributed by atoms with E-state index in [1.807, 2.05) is 18.2 Å². The van der Waals surface area contributed by atoms with Gasteiger partial charge in [0.15, 0.2) is 0 Å². The molecule has 14 heavy (non-hydrogen) atoms. The highest BCUT2D eigenvalue weighted by atomic mass is 32.1. The summed E-state index contributed by atoms with van der Waals surface area (Å²) in [4.78, 5) is 1.11. The van der Waals surface area contributed by atoms with Gasteiger partial charge in [-0.1, -0.05) is 0 Å². The Kier molecular flexibility index (Phi) is 2.38. The number of hydrogen-bond donors (Lipinski definition) is 0. The highest BCUT2D eigenvalue weighted by Crippen LogP contribution is 2.29. The summed E-state index contributed by atoms with van der Waals surface area (Å²) in [6, 6.07) is 10.2. The molecule has 0 amide bonds. The topological polar surface area (TPSA) is 33.0 Å². The molecule has 0 spiro atoms. The molecule has 0 saturated carbocycles. The molecule has 0 N–H and O–H groups in total. The third kappa shape index (κ3) is 1.57. The molecular formula is C11H9NOS. The lowest BCUT2D eigenvalue weighted by Crippen LogP contribution is -1.79. The molecule has 2 aromatic rings. The van der Waals surface area contributed by atoms with Crippen LogP contribution in [0.2, 0.25) is 0 Å². The average Bonchev–Trinajstić information content (AvgIpc) is 2.59. The minimum atomic E-state index is 0.488. The quantitative estimate of drug-likeness (QED) is 0.751. The van der Waals surface area contributed by atoms with Gasteiger partial charge in [-0.05, 0) is 29.7 Å². The first kappa shape index (κ1) is 9.04. The van der Waals surface area contributed by atoms with Crippen LogP contribution >= 0.6 is 11.3 Å². The smallest absolute Gasteiger partial charge is 0.120 e. The van der Waals surface area contributed by atoms with Crippen molar-refractivity contribution in [2.24, 2.45) is 0 Å². The minimum Gasteiger partial charge on any atom is -0.497 e. The number of nitriles is 1. The lowest BCUT2D eigenvalue weighted by Gasteiger charge is -1.97. The van der Waals surface area contributed by atoms with E-state index >= 15 is 0 Å². The lowest BCUT2D eigenvalue weighted by atomic mass is 10.2. The Bertz CT molecular complexity index is 495. The third-order valence-corrected chi connectivity index (χ3v) is 3.13. The zero-order chi connectivity index (χ0) is 9.97. The van der Waals surface area contributed by atoms with Crippen LogP contribution in [0.25, 0.3) is 10.1 Å². The van der Waals surface area contributed by atoms with Crippen molar-refractivity contribution in [3.63, 3.8) is 0 Å². The van der Waals surface area contributed by atoms with E-state index < -0.39 is 0 Å². The predicted octanol–water partition coefficient (Wildman–Crippen LogP) is 2.98. The van der Waals surface area contributed by atoms with Gasteiger partial charge >= 0.3 is 0 Å². The van der Waals surface area contributed by atoms with Gasteiger partial charge < -0.3 is 4.74 Å². The van der Waals surface area contributed by atoms with Crippen LogP contribution < -0.4 is 4.74 Å². The van der Waals surface area contributed by atoms with Crippen LogP contribution in [0.5, 0.6) is 5.75 Å². The first-order valence-corrected chi connectivity index (χ1v) is 5.08. The Balaban J connectivity index is 2.50. The monoisotopic (exact) mass is 203 g/mol. The molecule has 0 aliphatic heterocycles. The molecule has 1 heterocycles. The number of ether oxygens (including phenoxy) is 1. The summed E-state index contributed by atoms with van der Waals surface area (Å²) in [6.45, 7) is 0. The van der Waals surface area contributed by atoms with Crippen LogP contribution in [0.15, 0.2) is 24.3 Å². The van der Waals surface area contributed by atoms with E-state index in [-0.39, 0.29) is 0 Å². The van der Waals surface area contributed by atoms with Gasteiger partial charge in [-0.3, -0.25) is 0 Å². The largest absolute Gasteiger partial charge is 0.497 e. The van der Waals surface area contributed by atoms with Gasteiger partial charge in [-0.2, -0.15) is 5.26 Å². The van der Waals surface area contributed by atoms with E-state index in [0.717, 1.165) is 10.6 Å². The van der Waals surface area contributed by atoms with Gasteiger partial charge in [0.2, 0.25) is 0 Å². The molecule has 0 fully saturated rings. The molecule has 1 aromatic heterocycles. The van der Waals surface area contributed by atoms with Crippen molar-refractivity contribution in [3.05, 3.63) is 29.1 Å². The number of hydrogen-bond acceptors (Lipinski definition) is 3. The van der Waals surface area contributed by atoms with Crippen LogP contribution in [-0.4, -0.2) is 7.11 Å². The molecule has 0 radical (unpaired) electrons. The van der Waals surface area contributed by atoms with E-state index in [1.54, 1.807) is 18.4 Å². The van der Waals surface area contributed by atoms with E-state index in [4.69, 9.17) is 10.00 Å². The van der Waals surface area contributed by atoms with E-state index in [0.29, 0.717) is 6.42 Å². The summed E-state index contributed by atoms with van der Waals surface area (Å²) >= 11 is 1.65. The van der Waals surface area contributed by atoms with Crippen molar-refractivity contribution in [1.82, 2.24) is 0 Å². The fourth-order valence-electron chi connectivity index (χ4n) is 1.36. The molecule has 0 bridgehead atoms. The van der Waals surface area contributed by atoms with Crippen molar-refractivity contribution in [3.8, 4) is 11.8 Å². The maximum atomic E-state index is 8.58. The molecule has 2 nitrogen and oxygen atoms in total. The number of benzene rings is 1. The fraction of sp³-hybridized carbons (Fsp3) is 0.182. The van der Waals surface area contributed by atoms with Gasteiger partial charge in [0.25, 0.3) is 0 Å². The van der Waals surface area contributed by atoms with Crippen LogP contribution in [-0.2, 0) is 6.42 Å². The first-order valence-electron chi connectivity index (χ1n) is 4.27. The van der Waals surface area contributed by atoms with Crippen LogP contribution in [0.4, 0.5) is 0 Å². The van der Waals surface area contributed by atoms with Crippen molar-refractivity contribution in [2.45, 2.75) is 6.42 Å². The Morgan fingerprint density at radius 2 is 2.29 bits per heavy atom. The predicted molar refractivity (Wildman–Crippen MR) is 57.7 cm³/mol. The molecule has 0 atom stereocenters. The Hall–Kier alpha value is -1.53. The summed E-state index contributed by atoms with van der Waals surface area (Å²) in [5.41, 5.74) is 0. The minimum absolute atomic E-state index is 0.488. The van der Waals surface area contributed by atoms with Crippen molar-refractivity contribution < 1.29 is 4.74 Å². The Morgan fingerprint density at radius 1 is 1.43 bits per heavy atom. The molecule has 2 rings (SSSR count). The van der Waals surface area contributed by atoms with Crippen molar-refractivity contribution in [2.75, 3.05) is 7.11 Å². The normalized spacial score (nSPS) is 10.0. The summed E-state index contributed by atoms with van der Waals surface area (Å²) in [5, 5.41) is 9.76. The van der Waals surface area contributed by atoms with Gasteiger partial charge in [0, 0.05) is 9.58 Å². The summed E-state index contributed by atoms with van der Waals surface area (Å²) in [6.07, 6.45) is 0.488. The second-order valence-electron chi connectivity index (χ2n) is 2.95. The summed E-state index contributed by atoms with van der Waals surface area (Å²) in [7, 11) is 1.66. The Labute approximate surface area is 86.4 Å². The van der Waals surface area contributed by atoms with E-state index in [2.05, 4.69) is 12.1 Å². The van der Waals surface area contributed by atoms with Gasteiger partial charge in [0.05, 0.1) is 19.6 Å². The zero-order valence-corrected chi connectivity index (χ0v) is 8.60. The van der Waals surface area contributed by atoms with Gasteiger partial charge in [-0.25, -0.2) is 0 Å². The molecule has 3 heteroatoms. The molecule has 0 unspecified atom stereocenters. The molecule has 0 saturated heterocycles. The van der Waals surface area contributed by atoms with Gasteiger partial charge in [0.1, 0.15) is 5.75 Å². The van der Waals surface area contributed by atoms with Crippen LogP contribution in [0.3, 0.4) is 0 Å². The van der Waals surface area contributed by atoms with Crippen LogP contribution in [0.1, 0.15) is 4.88 Å². The fourth-order valence-corrected chi connectivity index (χ4v) is 2.38. The highest BCUT2D eigenvalue weighted by Gasteiger charge is 2.02. The third-order valence-electron chi connectivity index (χ3n) is 2.03. The highest BCUT2D eigenvalue weighted by molar-refractivity contribution is 7.19. The zero-order valence-electron chi connectivity index (χ0n) is 7.78. The standard InChI is InChI=1S/C11H9NOS/c1-13-9-3-2-8-6-10(4-5-12)14-11(8)7-9/h2-3,6-7H,4H2,1H3. The maximum Gasteiger partial charge on any atom is 0.120 e. The molecule has 0 aliphatic carbocycles. The first-order chi connectivity index (χ1) is 6.83. The molecule has 70 valence electrons. The molecule has 1 aromatic carbocycles. The second kappa shape index (κ2) is 3.69. The van der Waals surface area contributed by atoms with Crippen molar-refractivity contribution >= 4 is 21.4 Å². The molecule has 0 aliphatic rings. The second-order valence-corrected chi connectivity index (χ2v) is 4.12. The summed E-state index contributed by atoms with van der Waals surface area (Å²) in [5.74, 6) is 0.864. The van der Waals surface area contributed by atoms with Crippen LogP contribution in [0, 0.1) is 11.3 Å². The lowest BCUT2D eigenvalue weighted by molar-refractivity contribution is 0.415. The molecular weight excluding hydrogens is 194 g/mol.